The largest absolute Gasteiger partial charge is 0.464 e. The van der Waals surface area contributed by atoms with Gasteiger partial charge >= 0.3 is 18.1 Å². The first-order chi connectivity index (χ1) is 12.5. The Bertz CT molecular complexity index is 565. The van der Waals surface area contributed by atoms with Gasteiger partial charge in [-0.15, -0.1) is 0 Å². The summed E-state index contributed by atoms with van der Waals surface area (Å²) in [5, 5.41) is 0. The van der Waals surface area contributed by atoms with Crippen molar-refractivity contribution in [3.8, 4) is 0 Å². The zero-order valence-corrected chi connectivity index (χ0v) is 16.2. The fraction of sp³-hybridized carbons (Fsp3) is 0.900. The smallest absolute Gasteiger partial charge is 0.425 e. The Labute approximate surface area is 158 Å². The number of hydrogen-bond acceptors (Lipinski definition) is 4. The second-order valence-corrected chi connectivity index (χ2v) is 9.28. The minimum atomic E-state index is -4.61. The molecule has 27 heavy (non-hydrogen) atoms. The van der Waals surface area contributed by atoms with Gasteiger partial charge in [-0.1, -0.05) is 6.92 Å². The molecule has 4 aliphatic rings. The maximum absolute atomic E-state index is 12.9. The summed E-state index contributed by atoms with van der Waals surface area (Å²) in [6.07, 6.45) is -0.453. The maximum atomic E-state index is 12.9. The number of rotatable bonds is 6. The Morgan fingerprint density at radius 1 is 1.07 bits per heavy atom. The van der Waals surface area contributed by atoms with Crippen LogP contribution in [0.1, 0.15) is 65.7 Å². The van der Waals surface area contributed by atoms with Gasteiger partial charge in [0.1, 0.15) is 6.61 Å². The highest BCUT2D eigenvalue weighted by atomic mass is 19.4. The van der Waals surface area contributed by atoms with Crippen molar-refractivity contribution in [2.45, 2.75) is 78.0 Å². The van der Waals surface area contributed by atoms with Crippen molar-refractivity contribution in [2.24, 2.45) is 28.6 Å². The Balaban J connectivity index is 1.61. The van der Waals surface area contributed by atoms with Crippen molar-refractivity contribution in [2.75, 3.05) is 6.61 Å². The lowest BCUT2D eigenvalue weighted by atomic mass is 9.49. The van der Waals surface area contributed by atoms with Crippen LogP contribution < -0.4 is 0 Å². The van der Waals surface area contributed by atoms with Crippen LogP contribution in [0.25, 0.3) is 0 Å². The van der Waals surface area contributed by atoms with E-state index in [1.165, 1.54) is 26.2 Å². The van der Waals surface area contributed by atoms with E-state index in [1.807, 2.05) is 0 Å². The molecule has 0 amide bonds. The number of ether oxygens (including phenoxy) is 2. The van der Waals surface area contributed by atoms with Gasteiger partial charge in [-0.3, -0.25) is 9.59 Å². The number of esters is 2. The second kappa shape index (κ2) is 6.96. The molecule has 7 heteroatoms. The molecule has 4 aliphatic carbocycles. The Morgan fingerprint density at radius 3 is 1.96 bits per heavy atom. The van der Waals surface area contributed by atoms with Crippen LogP contribution in [0.15, 0.2) is 0 Å². The highest BCUT2D eigenvalue weighted by molar-refractivity contribution is 5.80. The van der Waals surface area contributed by atoms with Crippen molar-refractivity contribution in [3.63, 3.8) is 0 Å². The van der Waals surface area contributed by atoms with Gasteiger partial charge in [-0.25, -0.2) is 0 Å². The highest BCUT2D eigenvalue weighted by Crippen LogP contribution is 2.60. The molecule has 4 saturated carbocycles. The lowest BCUT2D eigenvalue weighted by Gasteiger charge is -2.55. The SMILES string of the molecule is CCC(C)(COC(=O)C12CC3CC(CC(C3)C1)C2)C(=O)OC(C)C(F)(F)F. The highest BCUT2D eigenvalue weighted by Gasteiger charge is 2.56. The van der Waals surface area contributed by atoms with Gasteiger partial charge in [0.2, 0.25) is 0 Å². The number of alkyl halides is 3. The van der Waals surface area contributed by atoms with E-state index in [0.717, 1.165) is 26.2 Å². The standard InChI is InChI=1S/C20H29F3O4/c1-4-18(3,16(24)27-12(2)20(21,22)23)11-26-17(25)19-8-13-5-14(9-19)7-15(6-13)10-19/h12-15H,4-11H2,1-3H3. The molecule has 0 saturated heterocycles. The number of hydrogen-bond donors (Lipinski definition) is 0. The molecular formula is C20H29F3O4. The average Bonchev–Trinajstić information content (AvgIpc) is 2.57. The topological polar surface area (TPSA) is 52.6 Å². The van der Waals surface area contributed by atoms with Crippen LogP contribution in [0.2, 0.25) is 0 Å². The Morgan fingerprint density at radius 2 is 1.56 bits per heavy atom. The Kier molecular flexibility index (Phi) is 5.28. The van der Waals surface area contributed by atoms with E-state index in [4.69, 9.17) is 4.74 Å². The summed E-state index contributed by atoms with van der Waals surface area (Å²) in [5.41, 5.74) is -1.73. The van der Waals surface area contributed by atoms with Crippen molar-refractivity contribution >= 4 is 11.9 Å². The molecule has 4 fully saturated rings. The van der Waals surface area contributed by atoms with Crippen LogP contribution in [0.3, 0.4) is 0 Å². The third kappa shape index (κ3) is 3.97. The predicted octanol–water partition coefficient (Wildman–Crippen LogP) is 4.66. The van der Waals surface area contributed by atoms with E-state index in [-0.39, 0.29) is 19.0 Å². The lowest BCUT2D eigenvalue weighted by molar-refractivity contribution is -0.223. The summed E-state index contributed by atoms with van der Waals surface area (Å²) in [5.74, 6) is 0.489. The maximum Gasteiger partial charge on any atom is 0.425 e. The molecule has 154 valence electrons. The van der Waals surface area contributed by atoms with Crippen LogP contribution in [0, 0.1) is 28.6 Å². The average molecular weight is 390 g/mol. The summed E-state index contributed by atoms with van der Waals surface area (Å²) >= 11 is 0. The molecule has 2 atom stereocenters. The zero-order valence-electron chi connectivity index (χ0n) is 16.2. The molecule has 0 aliphatic heterocycles. The minimum absolute atomic E-state index is 0.227. The molecule has 0 radical (unpaired) electrons. The molecule has 0 aromatic rings. The summed E-state index contributed by atoms with van der Waals surface area (Å²) in [6.45, 7) is 3.73. The number of carbonyl (C=O) groups is 2. The monoisotopic (exact) mass is 390 g/mol. The summed E-state index contributed by atoms with van der Waals surface area (Å²) in [7, 11) is 0. The van der Waals surface area contributed by atoms with E-state index in [2.05, 4.69) is 4.74 Å². The fourth-order valence-electron chi connectivity index (χ4n) is 5.41. The number of carbonyl (C=O) groups excluding carboxylic acids is 2. The molecular weight excluding hydrogens is 361 g/mol. The van der Waals surface area contributed by atoms with Gasteiger partial charge in [0.15, 0.2) is 6.10 Å². The summed E-state index contributed by atoms with van der Waals surface area (Å²) < 4.78 is 48.2. The molecule has 4 bridgehead atoms. The van der Waals surface area contributed by atoms with Gasteiger partial charge in [0.05, 0.1) is 10.8 Å². The predicted molar refractivity (Wildman–Crippen MR) is 91.6 cm³/mol. The third-order valence-corrected chi connectivity index (χ3v) is 7.01. The molecule has 4 nitrogen and oxygen atoms in total. The van der Waals surface area contributed by atoms with E-state index in [0.29, 0.717) is 17.8 Å². The lowest BCUT2D eigenvalue weighted by Crippen LogP contribution is -2.51. The van der Waals surface area contributed by atoms with Gasteiger partial charge in [-0.05, 0) is 76.5 Å². The third-order valence-electron chi connectivity index (χ3n) is 7.01. The fourth-order valence-corrected chi connectivity index (χ4v) is 5.41. The van der Waals surface area contributed by atoms with Crippen molar-refractivity contribution in [3.05, 3.63) is 0 Å². The van der Waals surface area contributed by atoms with Crippen LogP contribution in [-0.2, 0) is 19.1 Å². The van der Waals surface area contributed by atoms with Gasteiger partial charge in [0, 0.05) is 0 Å². The molecule has 2 unspecified atom stereocenters. The van der Waals surface area contributed by atoms with E-state index in [1.54, 1.807) is 6.92 Å². The van der Waals surface area contributed by atoms with Crippen LogP contribution in [0.4, 0.5) is 13.2 Å². The molecule has 0 N–H and O–H groups in total. The van der Waals surface area contributed by atoms with Gasteiger partial charge in [0.25, 0.3) is 0 Å². The van der Waals surface area contributed by atoms with E-state index >= 15 is 0 Å². The first-order valence-corrected chi connectivity index (χ1v) is 9.92. The zero-order chi connectivity index (χ0) is 20.0. The first-order valence-electron chi connectivity index (χ1n) is 9.92. The normalized spacial score (nSPS) is 35.4. The van der Waals surface area contributed by atoms with Crippen LogP contribution in [0.5, 0.6) is 0 Å². The molecule has 0 aromatic heterocycles. The van der Waals surface area contributed by atoms with Crippen molar-refractivity contribution in [1.82, 2.24) is 0 Å². The molecule has 0 aromatic carbocycles. The molecule has 0 heterocycles. The van der Waals surface area contributed by atoms with Crippen molar-refractivity contribution in [1.29, 1.82) is 0 Å². The van der Waals surface area contributed by atoms with Crippen LogP contribution >= 0.6 is 0 Å². The summed E-state index contributed by atoms with van der Waals surface area (Å²) in [6, 6.07) is 0. The Hall–Kier alpha value is -1.27. The van der Waals surface area contributed by atoms with Crippen LogP contribution in [-0.4, -0.2) is 30.8 Å². The molecule has 4 rings (SSSR count). The van der Waals surface area contributed by atoms with E-state index in [9.17, 15) is 22.8 Å². The second-order valence-electron chi connectivity index (χ2n) is 9.28. The van der Waals surface area contributed by atoms with Gasteiger partial charge < -0.3 is 9.47 Å². The van der Waals surface area contributed by atoms with Gasteiger partial charge in [-0.2, -0.15) is 13.2 Å². The van der Waals surface area contributed by atoms with E-state index < -0.39 is 29.1 Å². The quantitative estimate of drug-likeness (QED) is 0.619. The minimum Gasteiger partial charge on any atom is -0.464 e. The summed E-state index contributed by atoms with van der Waals surface area (Å²) in [4.78, 5) is 25.2. The molecule has 0 spiro atoms. The number of halogens is 3. The van der Waals surface area contributed by atoms with Crippen molar-refractivity contribution < 1.29 is 32.2 Å². The first kappa shape index (κ1) is 20.5.